The second kappa shape index (κ2) is 6.70. The third kappa shape index (κ3) is 3.40. The maximum absolute atomic E-state index is 12.6. The summed E-state index contributed by atoms with van der Waals surface area (Å²) in [4.78, 5) is 0.403. The van der Waals surface area contributed by atoms with Gasteiger partial charge in [-0.15, -0.1) is 0 Å². The van der Waals surface area contributed by atoms with Crippen LogP contribution in [0.3, 0.4) is 0 Å². The van der Waals surface area contributed by atoms with Crippen LogP contribution in [-0.2, 0) is 16.4 Å². The lowest BCUT2D eigenvalue weighted by Gasteiger charge is -2.23. The lowest BCUT2D eigenvalue weighted by atomic mass is 10.1. The Bertz CT molecular complexity index is 519. The van der Waals surface area contributed by atoms with Gasteiger partial charge in [-0.3, -0.25) is 0 Å². The highest BCUT2D eigenvalue weighted by Gasteiger charge is 2.29. The molecule has 1 saturated carbocycles. The highest BCUT2D eigenvalue weighted by molar-refractivity contribution is 7.89. The number of sulfonamides is 1. The van der Waals surface area contributed by atoms with Crippen molar-refractivity contribution in [1.82, 2.24) is 9.62 Å². The minimum atomic E-state index is -3.34. The zero-order valence-corrected chi connectivity index (χ0v) is 13.1. The van der Waals surface area contributed by atoms with Crippen LogP contribution in [0.2, 0.25) is 0 Å². The van der Waals surface area contributed by atoms with Gasteiger partial charge in [0.2, 0.25) is 10.0 Å². The van der Waals surface area contributed by atoms with E-state index >= 15 is 0 Å². The summed E-state index contributed by atoms with van der Waals surface area (Å²) in [6.45, 7) is 0.897. The Labute approximate surface area is 122 Å². The fraction of sp³-hybridized carbons (Fsp3) is 0.600. The summed E-state index contributed by atoms with van der Waals surface area (Å²) in [5.74, 6) is 0. The summed E-state index contributed by atoms with van der Waals surface area (Å²) in [6, 6.07) is 7.45. The predicted molar refractivity (Wildman–Crippen MR) is 81.3 cm³/mol. The van der Waals surface area contributed by atoms with Crippen molar-refractivity contribution in [3.63, 3.8) is 0 Å². The molecule has 1 aromatic rings. The van der Waals surface area contributed by atoms with Gasteiger partial charge in [0.15, 0.2) is 0 Å². The Morgan fingerprint density at radius 2 is 1.80 bits per heavy atom. The summed E-state index contributed by atoms with van der Waals surface area (Å²) in [6.07, 6.45) is 5.14. The molecule has 0 aromatic heterocycles. The Balaban J connectivity index is 2.12. The highest BCUT2D eigenvalue weighted by Crippen LogP contribution is 2.27. The van der Waals surface area contributed by atoms with E-state index in [-0.39, 0.29) is 6.04 Å². The lowest BCUT2D eigenvalue weighted by molar-refractivity contribution is 0.373. The molecule has 1 aliphatic rings. The van der Waals surface area contributed by atoms with E-state index in [4.69, 9.17) is 0 Å². The van der Waals surface area contributed by atoms with Crippen LogP contribution in [0.15, 0.2) is 29.2 Å². The van der Waals surface area contributed by atoms with Crippen LogP contribution in [0, 0.1) is 0 Å². The zero-order chi connectivity index (χ0) is 14.6. The van der Waals surface area contributed by atoms with Crippen molar-refractivity contribution in [2.75, 3.05) is 20.6 Å². The predicted octanol–water partition coefficient (Wildman–Crippen LogP) is 2.01. The quantitative estimate of drug-likeness (QED) is 0.873. The Kier molecular flexibility index (Phi) is 5.18. The number of hydrogen-bond acceptors (Lipinski definition) is 3. The van der Waals surface area contributed by atoms with E-state index in [1.807, 2.05) is 19.2 Å². The molecule has 1 N–H and O–H groups in total. The van der Waals surface area contributed by atoms with E-state index in [1.54, 1.807) is 23.5 Å². The van der Waals surface area contributed by atoms with Gasteiger partial charge in [-0.25, -0.2) is 8.42 Å². The molecule has 0 aliphatic heterocycles. The molecule has 0 radical (unpaired) electrons. The van der Waals surface area contributed by atoms with Gasteiger partial charge in [0.1, 0.15) is 0 Å². The van der Waals surface area contributed by atoms with Crippen LogP contribution in [0.25, 0.3) is 0 Å². The topological polar surface area (TPSA) is 49.4 Å². The van der Waals surface area contributed by atoms with Crippen molar-refractivity contribution in [2.24, 2.45) is 0 Å². The molecule has 0 atom stereocenters. The SMILES string of the molecule is CNCCc1ccc(S(=O)(=O)N(C)C2CCCC2)cc1. The normalized spacial score (nSPS) is 16.9. The first-order valence-electron chi connectivity index (χ1n) is 7.27. The molecule has 0 bridgehead atoms. The molecule has 0 saturated heterocycles. The van der Waals surface area contributed by atoms with Gasteiger partial charge in [0.25, 0.3) is 0 Å². The number of nitrogens with one attached hydrogen (secondary N) is 1. The van der Waals surface area contributed by atoms with E-state index in [0.29, 0.717) is 4.90 Å². The molecule has 112 valence electrons. The monoisotopic (exact) mass is 296 g/mol. The zero-order valence-electron chi connectivity index (χ0n) is 12.3. The Morgan fingerprint density at radius 1 is 1.20 bits per heavy atom. The number of rotatable bonds is 6. The second-order valence-corrected chi connectivity index (χ2v) is 7.45. The van der Waals surface area contributed by atoms with Crippen molar-refractivity contribution in [2.45, 2.75) is 43.0 Å². The summed E-state index contributed by atoms with van der Waals surface area (Å²) in [5.41, 5.74) is 1.15. The first kappa shape index (κ1) is 15.5. The third-order valence-corrected chi connectivity index (χ3v) is 6.03. The Hall–Kier alpha value is -0.910. The average molecular weight is 296 g/mol. The molecular formula is C15H24N2O2S. The van der Waals surface area contributed by atoms with Crippen LogP contribution < -0.4 is 5.32 Å². The molecule has 20 heavy (non-hydrogen) atoms. The van der Waals surface area contributed by atoms with E-state index in [0.717, 1.165) is 44.2 Å². The average Bonchev–Trinajstić information content (AvgIpc) is 2.98. The van der Waals surface area contributed by atoms with Crippen LogP contribution in [-0.4, -0.2) is 39.4 Å². The summed E-state index contributed by atoms with van der Waals surface area (Å²) >= 11 is 0. The van der Waals surface area contributed by atoms with Gasteiger partial charge in [-0.1, -0.05) is 25.0 Å². The van der Waals surface area contributed by atoms with Crippen molar-refractivity contribution in [1.29, 1.82) is 0 Å². The maximum atomic E-state index is 12.6. The minimum absolute atomic E-state index is 0.170. The fourth-order valence-corrected chi connectivity index (χ4v) is 4.14. The minimum Gasteiger partial charge on any atom is -0.319 e. The molecule has 0 amide bonds. The molecule has 5 heteroatoms. The highest BCUT2D eigenvalue weighted by atomic mass is 32.2. The molecule has 0 spiro atoms. The Morgan fingerprint density at radius 3 is 2.35 bits per heavy atom. The number of hydrogen-bond donors (Lipinski definition) is 1. The van der Waals surface area contributed by atoms with Crippen LogP contribution in [0.4, 0.5) is 0 Å². The first-order chi connectivity index (χ1) is 9.55. The van der Waals surface area contributed by atoms with E-state index in [1.165, 1.54) is 0 Å². The van der Waals surface area contributed by atoms with Crippen LogP contribution >= 0.6 is 0 Å². The van der Waals surface area contributed by atoms with Crippen molar-refractivity contribution in [3.8, 4) is 0 Å². The molecule has 2 rings (SSSR count). The summed E-state index contributed by atoms with van der Waals surface area (Å²) < 4.78 is 26.7. The van der Waals surface area contributed by atoms with E-state index < -0.39 is 10.0 Å². The van der Waals surface area contributed by atoms with Gasteiger partial charge in [0, 0.05) is 13.1 Å². The molecule has 1 aromatic carbocycles. The number of likely N-dealkylation sites (N-methyl/N-ethyl adjacent to an activating group) is 1. The van der Waals surface area contributed by atoms with Gasteiger partial charge in [-0.05, 0) is 50.6 Å². The smallest absolute Gasteiger partial charge is 0.243 e. The molecule has 0 unspecified atom stereocenters. The van der Waals surface area contributed by atoms with Crippen LogP contribution in [0.1, 0.15) is 31.2 Å². The molecule has 1 aliphatic carbocycles. The molecule has 1 fully saturated rings. The standard InChI is InChI=1S/C15H24N2O2S/c1-16-12-11-13-7-9-15(10-8-13)20(18,19)17(2)14-5-3-4-6-14/h7-10,14,16H,3-6,11-12H2,1-2H3. The fourth-order valence-electron chi connectivity index (χ4n) is 2.73. The van der Waals surface area contributed by atoms with Crippen LogP contribution in [0.5, 0.6) is 0 Å². The largest absolute Gasteiger partial charge is 0.319 e. The maximum Gasteiger partial charge on any atom is 0.243 e. The molecule has 0 heterocycles. The number of nitrogens with zero attached hydrogens (tertiary/aromatic N) is 1. The van der Waals surface area contributed by atoms with Gasteiger partial charge in [0.05, 0.1) is 4.90 Å². The third-order valence-electron chi connectivity index (χ3n) is 4.10. The summed E-state index contributed by atoms with van der Waals surface area (Å²) in [7, 11) is 0.279. The van der Waals surface area contributed by atoms with Gasteiger partial charge < -0.3 is 5.32 Å². The second-order valence-electron chi connectivity index (χ2n) is 5.46. The molecular weight excluding hydrogens is 272 g/mol. The van der Waals surface area contributed by atoms with Gasteiger partial charge >= 0.3 is 0 Å². The van der Waals surface area contributed by atoms with E-state index in [9.17, 15) is 8.42 Å². The first-order valence-corrected chi connectivity index (χ1v) is 8.71. The van der Waals surface area contributed by atoms with Crippen molar-refractivity contribution in [3.05, 3.63) is 29.8 Å². The molecule has 4 nitrogen and oxygen atoms in total. The van der Waals surface area contributed by atoms with E-state index in [2.05, 4.69) is 5.32 Å². The summed E-state index contributed by atoms with van der Waals surface area (Å²) in [5, 5.41) is 3.09. The van der Waals surface area contributed by atoms with Crippen molar-refractivity contribution < 1.29 is 8.42 Å². The lowest BCUT2D eigenvalue weighted by Crippen LogP contribution is -2.35. The number of benzene rings is 1. The van der Waals surface area contributed by atoms with Gasteiger partial charge in [-0.2, -0.15) is 4.31 Å². The van der Waals surface area contributed by atoms with Crippen molar-refractivity contribution >= 4 is 10.0 Å².